The van der Waals surface area contributed by atoms with E-state index in [-0.39, 0.29) is 11.7 Å². The molecule has 0 aliphatic carbocycles. The van der Waals surface area contributed by atoms with Crippen LogP contribution in [0.15, 0.2) is 65.2 Å². The fraction of sp³-hybridized carbons (Fsp3) is 0.292. The average Bonchev–Trinajstić information content (AvgIpc) is 3.32. The minimum Gasteiger partial charge on any atom is -0.494 e. The monoisotopic (exact) mass is 459 g/mol. The molecule has 1 N–H and O–H groups in total. The largest absolute Gasteiger partial charge is 0.494 e. The Balaban J connectivity index is 1.26. The Kier molecular flexibility index (Phi) is 8.63. The van der Waals surface area contributed by atoms with Crippen LogP contribution in [0.3, 0.4) is 0 Å². The van der Waals surface area contributed by atoms with Gasteiger partial charge < -0.3 is 14.6 Å². The number of rotatable bonds is 11. The number of ether oxygens (including phenoxy) is 1. The SMILES string of the molecule is O=C(C=Cc1ccccc1)NCCCCCCOc1ccc(-c2noc(C(F)(F)F)n2)cc1. The lowest BCUT2D eigenvalue weighted by Crippen LogP contribution is -2.21. The molecule has 1 amide bonds. The fourth-order valence-corrected chi connectivity index (χ4v) is 2.93. The number of nitrogens with one attached hydrogen (secondary N) is 1. The van der Waals surface area contributed by atoms with Crippen LogP contribution in [0.4, 0.5) is 13.2 Å². The van der Waals surface area contributed by atoms with E-state index in [0.717, 1.165) is 31.2 Å². The Hall–Kier alpha value is -3.62. The summed E-state index contributed by atoms with van der Waals surface area (Å²) in [4.78, 5) is 15.1. The third-order valence-electron chi connectivity index (χ3n) is 4.65. The summed E-state index contributed by atoms with van der Waals surface area (Å²) in [5.41, 5.74) is 1.38. The smallest absolute Gasteiger partial charge is 0.471 e. The maximum atomic E-state index is 12.5. The second kappa shape index (κ2) is 11.8. The molecule has 1 aromatic heterocycles. The normalized spacial score (nSPS) is 11.6. The maximum absolute atomic E-state index is 12.5. The molecule has 3 aromatic rings. The fourth-order valence-electron chi connectivity index (χ4n) is 2.93. The van der Waals surface area contributed by atoms with Crippen molar-refractivity contribution in [1.29, 1.82) is 0 Å². The summed E-state index contributed by atoms with van der Waals surface area (Å²) in [7, 11) is 0. The van der Waals surface area contributed by atoms with Crippen molar-refractivity contribution in [2.45, 2.75) is 31.9 Å². The first-order valence-corrected chi connectivity index (χ1v) is 10.6. The van der Waals surface area contributed by atoms with Crippen LogP contribution in [0.1, 0.15) is 37.1 Å². The zero-order chi connectivity index (χ0) is 23.5. The zero-order valence-electron chi connectivity index (χ0n) is 17.8. The third-order valence-corrected chi connectivity index (χ3v) is 4.65. The quantitative estimate of drug-likeness (QED) is 0.302. The molecule has 2 aromatic carbocycles. The molecule has 0 aliphatic rings. The van der Waals surface area contributed by atoms with Crippen molar-refractivity contribution in [2.75, 3.05) is 13.2 Å². The summed E-state index contributed by atoms with van der Waals surface area (Å²) in [6, 6.07) is 16.1. The van der Waals surface area contributed by atoms with E-state index in [2.05, 4.69) is 20.0 Å². The number of amides is 1. The van der Waals surface area contributed by atoms with Gasteiger partial charge >= 0.3 is 12.1 Å². The van der Waals surface area contributed by atoms with E-state index in [1.807, 2.05) is 30.3 Å². The number of aromatic nitrogens is 2. The molecule has 0 spiro atoms. The van der Waals surface area contributed by atoms with Gasteiger partial charge in [0.1, 0.15) is 5.75 Å². The number of carbonyl (C=O) groups excluding carboxylic acids is 1. The van der Waals surface area contributed by atoms with Gasteiger partial charge in [-0.3, -0.25) is 4.79 Å². The molecule has 0 atom stereocenters. The highest BCUT2D eigenvalue weighted by Crippen LogP contribution is 2.29. The van der Waals surface area contributed by atoms with Crippen LogP contribution in [0.2, 0.25) is 0 Å². The predicted molar refractivity (Wildman–Crippen MR) is 117 cm³/mol. The first-order chi connectivity index (χ1) is 15.9. The number of hydrogen-bond donors (Lipinski definition) is 1. The van der Waals surface area contributed by atoms with E-state index in [0.29, 0.717) is 24.5 Å². The summed E-state index contributed by atoms with van der Waals surface area (Å²) < 4.78 is 47.5. The predicted octanol–water partition coefficient (Wildman–Crippen LogP) is 5.52. The number of carbonyl (C=O) groups is 1. The Morgan fingerprint density at radius 2 is 1.73 bits per heavy atom. The molecule has 0 saturated carbocycles. The van der Waals surface area contributed by atoms with Gasteiger partial charge in [-0.15, -0.1) is 0 Å². The van der Waals surface area contributed by atoms with Crippen LogP contribution < -0.4 is 10.1 Å². The molecule has 0 saturated heterocycles. The second-order valence-corrected chi connectivity index (χ2v) is 7.24. The highest BCUT2D eigenvalue weighted by Gasteiger charge is 2.38. The molecule has 33 heavy (non-hydrogen) atoms. The summed E-state index contributed by atoms with van der Waals surface area (Å²) in [5, 5.41) is 6.21. The highest BCUT2D eigenvalue weighted by atomic mass is 19.4. The van der Waals surface area contributed by atoms with Crippen LogP contribution in [0, 0.1) is 0 Å². The van der Waals surface area contributed by atoms with Gasteiger partial charge in [-0.1, -0.05) is 48.3 Å². The van der Waals surface area contributed by atoms with Crippen molar-refractivity contribution < 1.29 is 27.2 Å². The highest BCUT2D eigenvalue weighted by molar-refractivity contribution is 5.91. The molecule has 0 unspecified atom stereocenters. The third kappa shape index (κ3) is 8.10. The van der Waals surface area contributed by atoms with Crippen molar-refractivity contribution in [3.63, 3.8) is 0 Å². The number of nitrogens with zero attached hydrogens (tertiary/aromatic N) is 2. The molecule has 0 bridgehead atoms. The van der Waals surface area contributed by atoms with Crippen molar-refractivity contribution in [3.05, 3.63) is 72.1 Å². The number of hydrogen-bond acceptors (Lipinski definition) is 5. The number of alkyl halides is 3. The first kappa shape index (κ1) is 24.0. The Morgan fingerprint density at radius 3 is 2.42 bits per heavy atom. The second-order valence-electron chi connectivity index (χ2n) is 7.24. The van der Waals surface area contributed by atoms with Crippen LogP contribution in [0.25, 0.3) is 17.5 Å². The molecule has 0 aliphatic heterocycles. The minimum absolute atomic E-state index is 0.110. The molecule has 0 radical (unpaired) electrons. The van der Waals surface area contributed by atoms with E-state index in [1.54, 1.807) is 30.3 Å². The van der Waals surface area contributed by atoms with Crippen LogP contribution in [-0.4, -0.2) is 29.2 Å². The Bertz CT molecular complexity index is 1030. The van der Waals surface area contributed by atoms with E-state index in [4.69, 9.17) is 4.74 Å². The van der Waals surface area contributed by atoms with E-state index >= 15 is 0 Å². The van der Waals surface area contributed by atoms with Crippen LogP contribution in [-0.2, 0) is 11.0 Å². The summed E-state index contributed by atoms with van der Waals surface area (Å²) in [6.07, 6.45) is 2.29. The van der Waals surface area contributed by atoms with Crippen molar-refractivity contribution in [3.8, 4) is 17.1 Å². The standard InChI is InChI=1S/C24H24F3N3O3/c25-24(26,27)23-29-22(30-33-23)19-11-13-20(14-12-19)32-17-7-2-1-6-16-28-21(31)15-10-18-8-4-3-5-9-18/h3-5,8-15H,1-2,6-7,16-17H2,(H,28,31). The van der Waals surface area contributed by atoms with Crippen LogP contribution >= 0.6 is 0 Å². The van der Waals surface area contributed by atoms with Gasteiger partial charge in [-0.2, -0.15) is 18.2 Å². The molecular formula is C24H24F3N3O3. The van der Waals surface area contributed by atoms with Gasteiger partial charge in [0.2, 0.25) is 11.7 Å². The number of halogens is 3. The van der Waals surface area contributed by atoms with Crippen molar-refractivity contribution in [1.82, 2.24) is 15.5 Å². The van der Waals surface area contributed by atoms with E-state index in [1.165, 1.54) is 6.08 Å². The molecule has 174 valence electrons. The zero-order valence-corrected chi connectivity index (χ0v) is 17.8. The average molecular weight is 459 g/mol. The van der Waals surface area contributed by atoms with E-state index < -0.39 is 12.1 Å². The van der Waals surface area contributed by atoms with Gasteiger partial charge in [0.25, 0.3) is 0 Å². The summed E-state index contributed by atoms with van der Waals surface area (Å²) >= 11 is 0. The Morgan fingerprint density at radius 1 is 1.00 bits per heavy atom. The van der Waals surface area contributed by atoms with Gasteiger partial charge in [-0.25, -0.2) is 0 Å². The van der Waals surface area contributed by atoms with Gasteiger partial charge in [0.15, 0.2) is 0 Å². The molecule has 1 heterocycles. The maximum Gasteiger partial charge on any atom is 0.471 e. The number of unbranched alkanes of at least 4 members (excludes halogenated alkanes) is 3. The van der Waals surface area contributed by atoms with Gasteiger partial charge in [0, 0.05) is 18.2 Å². The topological polar surface area (TPSA) is 77.2 Å². The Labute approximate surface area is 189 Å². The lowest BCUT2D eigenvalue weighted by Gasteiger charge is -2.07. The lowest BCUT2D eigenvalue weighted by atomic mass is 10.2. The van der Waals surface area contributed by atoms with E-state index in [9.17, 15) is 18.0 Å². The number of benzene rings is 2. The first-order valence-electron chi connectivity index (χ1n) is 10.6. The molecule has 0 fully saturated rings. The van der Waals surface area contributed by atoms with Crippen molar-refractivity contribution in [2.24, 2.45) is 0 Å². The van der Waals surface area contributed by atoms with Gasteiger partial charge in [-0.05, 0) is 48.7 Å². The summed E-state index contributed by atoms with van der Waals surface area (Å²) in [6.45, 7) is 1.14. The molecular weight excluding hydrogens is 435 g/mol. The molecule has 3 rings (SSSR count). The summed E-state index contributed by atoms with van der Waals surface area (Å²) in [5.74, 6) is -1.01. The lowest BCUT2D eigenvalue weighted by molar-refractivity contribution is -0.159. The minimum atomic E-state index is -4.67. The molecule has 6 nitrogen and oxygen atoms in total. The van der Waals surface area contributed by atoms with Gasteiger partial charge in [0.05, 0.1) is 6.61 Å². The van der Waals surface area contributed by atoms with Crippen molar-refractivity contribution >= 4 is 12.0 Å². The van der Waals surface area contributed by atoms with Crippen LogP contribution in [0.5, 0.6) is 5.75 Å². The molecule has 9 heteroatoms.